The minimum atomic E-state index is -4.03. The van der Waals surface area contributed by atoms with Crippen molar-refractivity contribution in [2.24, 2.45) is 0 Å². The molecule has 0 aliphatic carbocycles. The minimum Gasteiger partial charge on any atom is -0.310 e. The monoisotopic (exact) mass is 288 g/mol. The van der Waals surface area contributed by atoms with Crippen LogP contribution >= 0.6 is 11.3 Å². The van der Waals surface area contributed by atoms with Gasteiger partial charge in [-0.25, -0.2) is 4.98 Å². The highest BCUT2D eigenvalue weighted by molar-refractivity contribution is 7.18. The first-order valence-corrected chi connectivity index (χ1v) is 6.98. The molecule has 2 rings (SSSR count). The molecule has 0 aliphatic rings. The number of hydrogen-bond acceptors (Lipinski definition) is 3. The molecule has 1 N–H and O–H groups in total. The van der Waals surface area contributed by atoms with Crippen molar-refractivity contribution in [2.75, 3.05) is 6.54 Å². The SMILES string of the molecule is FC(F)(F)CCCCNCc1nc2ccccc2s1. The molecule has 0 spiro atoms. The number of halogens is 3. The summed E-state index contributed by atoms with van der Waals surface area (Å²) in [7, 11) is 0. The van der Waals surface area contributed by atoms with E-state index in [2.05, 4.69) is 10.3 Å². The van der Waals surface area contributed by atoms with Gasteiger partial charge in [-0.15, -0.1) is 11.3 Å². The molecular formula is C13H15F3N2S. The van der Waals surface area contributed by atoms with Crippen LogP contribution in [0.1, 0.15) is 24.3 Å². The largest absolute Gasteiger partial charge is 0.389 e. The Morgan fingerprint density at radius 1 is 1.16 bits per heavy atom. The second kappa shape index (κ2) is 6.34. The van der Waals surface area contributed by atoms with E-state index < -0.39 is 12.6 Å². The van der Waals surface area contributed by atoms with Gasteiger partial charge in [-0.05, 0) is 31.5 Å². The van der Waals surface area contributed by atoms with Crippen LogP contribution in [0.3, 0.4) is 0 Å². The maximum Gasteiger partial charge on any atom is 0.389 e. The Hall–Kier alpha value is -1.14. The lowest BCUT2D eigenvalue weighted by molar-refractivity contribution is -0.135. The summed E-state index contributed by atoms with van der Waals surface area (Å²) in [6, 6.07) is 7.88. The molecular weight excluding hydrogens is 273 g/mol. The Morgan fingerprint density at radius 2 is 1.95 bits per heavy atom. The first-order valence-electron chi connectivity index (χ1n) is 6.16. The van der Waals surface area contributed by atoms with Crippen molar-refractivity contribution < 1.29 is 13.2 Å². The van der Waals surface area contributed by atoms with Gasteiger partial charge in [0.1, 0.15) is 5.01 Å². The molecule has 0 amide bonds. The van der Waals surface area contributed by atoms with Crippen molar-refractivity contribution in [1.29, 1.82) is 0 Å². The van der Waals surface area contributed by atoms with Gasteiger partial charge in [0.15, 0.2) is 0 Å². The molecule has 0 fully saturated rings. The third-order valence-electron chi connectivity index (χ3n) is 2.68. The van der Waals surface area contributed by atoms with Crippen molar-refractivity contribution in [2.45, 2.75) is 32.0 Å². The van der Waals surface area contributed by atoms with Crippen molar-refractivity contribution in [3.05, 3.63) is 29.3 Å². The molecule has 19 heavy (non-hydrogen) atoms. The zero-order valence-electron chi connectivity index (χ0n) is 10.3. The lowest BCUT2D eigenvalue weighted by atomic mass is 10.2. The Balaban J connectivity index is 1.68. The number of hydrogen-bond donors (Lipinski definition) is 1. The summed E-state index contributed by atoms with van der Waals surface area (Å²) in [6.45, 7) is 1.21. The third-order valence-corrected chi connectivity index (χ3v) is 3.71. The standard InChI is InChI=1S/C13H15F3N2S/c14-13(15,16)7-3-4-8-17-9-12-18-10-5-1-2-6-11(10)19-12/h1-2,5-6,17H,3-4,7-9H2. The van der Waals surface area contributed by atoms with Crippen LogP contribution in [0.4, 0.5) is 13.2 Å². The fourth-order valence-corrected chi connectivity index (χ4v) is 2.70. The highest BCUT2D eigenvalue weighted by Gasteiger charge is 2.25. The molecule has 104 valence electrons. The van der Waals surface area contributed by atoms with Gasteiger partial charge in [-0.2, -0.15) is 13.2 Å². The lowest BCUT2D eigenvalue weighted by Gasteiger charge is -2.05. The van der Waals surface area contributed by atoms with E-state index in [1.54, 1.807) is 11.3 Å². The Bertz CT molecular complexity index is 489. The summed E-state index contributed by atoms with van der Waals surface area (Å²) in [6.07, 6.45) is -4.02. The van der Waals surface area contributed by atoms with E-state index in [9.17, 15) is 13.2 Å². The zero-order valence-corrected chi connectivity index (χ0v) is 11.2. The number of unbranched alkanes of at least 4 members (excludes halogenated alkanes) is 1. The second-order valence-electron chi connectivity index (χ2n) is 4.32. The molecule has 0 bridgehead atoms. The van der Waals surface area contributed by atoms with Gasteiger partial charge in [0.05, 0.1) is 10.2 Å². The van der Waals surface area contributed by atoms with Crippen molar-refractivity contribution in [1.82, 2.24) is 10.3 Å². The van der Waals surface area contributed by atoms with Crippen LogP contribution in [0.5, 0.6) is 0 Å². The molecule has 6 heteroatoms. The topological polar surface area (TPSA) is 24.9 Å². The van der Waals surface area contributed by atoms with E-state index >= 15 is 0 Å². The molecule has 1 aromatic carbocycles. The highest BCUT2D eigenvalue weighted by Crippen LogP contribution is 2.22. The van der Waals surface area contributed by atoms with Crippen molar-refractivity contribution in [3.8, 4) is 0 Å². The molecule has 2 nitrogen and oxygen atoms in total. The number of benzene rings is 1. The number of nitrogens with one attached hydrogen (secondary N) is 1. The van der Waals surface area contributed by atoms with E-state index in [0.717, 1.165) is 15.2 Å². The molecule has 0 unspecified atom stereocenters. The van der Waals surface area contributed by atoms with Gasteiger partial charge < -0.3 is 5.32 Å². The number of alkyl halides is 3. The summed E-state index contributed by atoms with van der Waals surface area (Å²) in [5.74, 6) is 0. The summed E-state index contributed by atoms with van der Waals surface area (Å²) >= 11 is 1.61. The number of aromatic nitrogens is 1. The molecule has 1 aromatic heterocycles. The van der Waals surface area contributed by atoms with Gasteiger partial charge in [0.2, 0.25) is 0 Å². The lowest BCUT2D eigenvalue weighted by Crippen LogP contribution is -2.15. The van der Waals surface area contributed by atoms with Crippen LogP contribution in [-0.4, -0.2) is 17.7 Å². The number of para-hydroxylation sites is 1. The van der Waals surface area contributed by atoms with Crippen molar-refractivity contribution in [3.63, 3.8) is 0 Å². The molecule has 2 aromatic rings. The first-order chi connectivity index (χ1) is 9.04. The fraction of sp³-hybridized carbons (Fsp3) is 0.462. The van der Waals surface area contributed by atoms with Crippen LogP contribution in [0.2, 0.25) is 0 Å². The smallest absolute Gasteiger partial charge is 0.310 e. The van der Waals surface area contributed by atoms with Crippen LogP contribution in [0.25, 0.3) is 10.2 Å². The summed E-state index contributed by atoms with van der Waals surface area (Å²) in [5.41, 5.74) is 0.973. The normalized spacial score (nSPS) is 12.2. The molecule has 0 radical (unpaired) electrons. The fourth-order valence-electron chi connectivity index (χ4n) is 1.77. The Labute approximate surface area is 113 Å². The quantitative estimate of drug-likeness (QED) is 0.809. The molecule has 0 atom stereocenters. The van der Waals surface area contributed by atoms with Crippen LogP contribution in [0.15, 0.2) is 24.3 Å². The second-order valence-corrected chi connectivity index (χ2v) is 5.44. The van der Waals surface area contributed by atoms with Gasteiger partial charge in [0, 0.05) is 13.0 Å². The third kappa shape index (κ3) is 4.80. The average molecular weight is 288 g/mol. The summed E-state index contributed by atoms with van der Waals surface area (Å²) in [4.78, 5) is 4.45. The van der Waals surface area contributed by atoms with E-state index in [-0.39, 0.29) is 6.42 Å². The zero-order chi connectivity index (χ0) is 13.7. The number of nitrogens with zero attached hydrogens (tertiary/aromatic N) is 1. The Kier molecular flexibility index (Phi) is 4.76. The van der Waals surface area contributed by atoms with E-state index in [1.807, 2.05) is 24.3 Å². The maximum absolute atomic E-state index is 11.9. The van der Waals surface area contributed by atoms with Crippen LogP contribution < -0.4 is 5.32 Å². The predicted molar refractivity (Wildman–Crippen MR) is 71.2 cm³/mol. The van der Waals surface area contributed by atoms with Crippen molar-refractivity contribution >= 4 is 21.6 Å². The Morgan fingerprint density at radius 3 is 2.68 bits per heavy atom. The van der Waals surface area contributed by atoms with E-state index in [1.165, 1.54) is 0 Å². The van der Waals surface area contributed by atoms with Gasteiger partial charge in [-0.1, -0.05) is 12.1 Å². The minimum absolute atomic E-state index is 0.177. The van der Waals surface area contributed by atoms with E-state index in [4.69, 9.17) is 0 Å². The molecule has 0 aliphatic heterocycles. The average Bonchev–Trinajstić information content (AvgIpc) is 2.74. The van der Waals surface area contributed by atoms with Crippen LogP contribution in [0, 0.1) is 0 Å². The molecule has 0 saturated carbocycles. The molecule has 1 heterocycles. The van der Waals surface area contributed by atoms with Crippen LogP contribution in [-0.2, 0) is 6.54 Å². The maximum atomic E-state index is 11.9. The number of thiazole rings is 1. The number of fused-ring (bicyclic) bond motifs is 1. The first kappa shape index (κ1) is 14.3. The van der Waals surface area contributed by atoms with Gasteiger partial charge >= 0.3 is 6.18 Å². The van der Waals surface area contributed by atoms with E-state index in [0.29, 0.717) is 19.5 Å². The number of rotatable bonds is 6. The predicted octanol–water partition coefficient (Wildman–Crippen LogP) is 4.12. The van der Waals surface area contributed by atoms with Gasteiger partial charge in [-0.3, -0.25) is 0 Å². The summed E-state index contributed by atoms with van der Waals surface area (Å²) in [5, 5.41) is 4.10. The summed E-state index contributed by atoms with van der Waals surface area (Å²) < 4.78 is 36.9. The van der Waals surface area contributed by atoms with Gasteiger partial charge in [0.25, 0.3) is 0 Å². The highest BCUT2D eigenvalue weighted by atomic mass is 32.1. The molecule has 0 saturated heterocycles.